The van der Waals surface area contributed by atoms with Crippen molar-refractivity contribution in [2.75, 3.05) is 0 Å². The zero-order valence-electron chi connectivity index (χ0n) is 11.5. The number of hydrogen-bond donors (Lipinski definition) is 2. The molecule has 1 heterocycles. The predicted molar refractivity (Wildman–Crippen MR) is 90.9 cm³/mol. The molecule has 0 saturated carbocycles. The number of rotatable bonds is 0. The van der Waals surface area contributed by atoms with Gasteiger partial charge < -0.3 is 10.2 Å². The molecule has 1 aromatic heterocycles. The second kappa shape index (κ2) is 7.68. The number of aromatic hydroxyl groups is 2. The Balaban J connectivity index is 0.000000216. The number of para-hydroxylation sites is 2. The third kappa shape index (κ3) is 4.49. The molecule has 0 unspecified atom stereocenters. The Bertz CT molecular complexity index is 708. The van der Waals surface area contributed by atoms with E-state index in [9.17, 15) is 5.11 Å². The highest BCUT2D eigenvalue weighted by Crippen LogP contribution is 2.21. The van der Waals surface area contributed by atoms with E-state index < -0.39 is 0 Å². The number of phenolic OH excluding ortho intramolecular Hbond substituents is 2. The molecule has 4 heteroatoms. The van der Waals surface area contributed by atoms with Crippen LogP contribution in [0, 0.1) is 13.8 Å². The molecule has 108 valence electrons. The van der Waals surface area contributed by atoms with Gasteiger partial charge in [-0.3, -0.25) is 0 Å². The van der Waals surface area contributed by atoms with E-state index in [0.29, 0.717) is 11.3 Å². The van der Waals surface area contributed by atoms with Gasteiger partial charge >= 0.3 is 0 Å². The Hall–Kier alpha value is -2.02. The first-order valence-corrected chi connectivity index (χ1v) is 6.38. The van der Waals surface area contributed by atoms with Crippen molar-refractivity contribution in [1.82, 2.24) is 4.98 Å². The lowest BCUT2D eigenvalue weighted by molar-refractivity contribution is 0.471. The second-order valence-electron chi connectivity index (χ2n) is 4.59. The van der Waals surface area contributed by atoms with Crippen LogP contribution < -0.4 is 0 Å². The van der Waals surface area contributed by atoms with E-state index in [-0.39, 0.29) is 23.1 Å². The molecule has 2 aromatic carbocycles. The van der Waals surface area contributed by atoms with Crippen molar-refractivity contribution < 1.29 is 10.2 Å². The molecule has 0 aliphatic carbocycles. The number of hydrogen-bond acceptors (Lipinski definition) is 3. The van der Waals surface area contributed by atoms with Crippen molar-refractivity contribution in [3.05, 3.63) is 65.9 Å². The van der Waals surface area contributed by atoms with E-state index in [2.05, 4.69) is 4.98 Å². The van der Waals surface area contributed by atoms with Crippen LogP contribution in [-0.4, -0.2) is 32.6 Å². The Labute approximate surface area is 135 Å². The molecule has 0 aliphatic rings. The number of nitrogens with zero attached hydrogens (tertiary/aromatic N) is 1. The number of benzene rings is 2. The zero-order valence-corrected chi connectivity index (χ0v) is 11.5. The molecule has 3 nitrogen and oxygen atoms in total. The van der Waals surface area contributed by atoms with E-state index in [0.717, 1.165) is 16.6 Å². The topological polar surface area (TPSA) is 53.4 Å². The summed E-state index contributed by atoms with van der Waals surface area (Å²) in [5, 5.41) is 19.3. The molecule has 0 spiro atoms. The van der Waals surface area contributed by atoms with Crippen LogP contribution in [0.15, 0.2) is 54.6 Å². The first kappa shape index (κ1) is 17.0. The summed E-state index contributed by atoms with van der Waals surface area (Å²) in [6, 6.07) is 16.5. The molecule has 21 heavy (non-hydrogen) atoms. The van der Waals surface area contributed by atoms with Crippen LogP contribution in [-0.2, 0) is 0 Å². The molecule has 0 bridgehead atoms. The third-order valence-corrected chi connectivity index (χ3v) is 2.95. The van der Waals surface area contributed by atoms with Crippen LogP contribution in [0.3, 0.4) is 0 Å². The lowest BCUT2D eigenvalue weighted by Crippen LogP contribution is -1.82. The first-order valence-electron chi connectivity index (χ1n) is 6.38. The molecule has 0 aliphatic heterocycles. The van der Waals surface area contributed by atoms with Crippen LogP contribution in [0.4, 0.5) is 0 Å². The summed E-state index contributed by atoms with van der Waals surface area (Å²) < 4.78 is 0. The van der Waals surface area contributed by atoms with E-state index in [1.165, 1.54) is 0 Å². The minimum absolute atomic E-state index is 0. The highest BCUT2D eigenvalue weighted by molar-refractivity contribution is 5.84. The van der Waals surface area contributed by atoms with Gasteiger partial charge in [0.25, 0.3) is 0 Å². The first-order chi connectivity index (χ1) is 9.58. The predicted octanol–water partition coefficient (Wildman–Crippen LogP) is 2.77. The fraction of sp³-hybridized carbons (Fsp3) is 0.118. The minimum Gasteiger partial charge on any atom is -0.508 e. The van der Waals surface area contributed by atoms with E-state index in [1.807, 2.05) is 56.3 Å². The molecule has 2 N–H and O–H groups in total. The molecule has 0 saturated heterocycles. The highest BCUT2D eigenvalue weighted by atomic mass is 27.0. The summed E-state index contributed by atoms with van der Waals surface area (Å²) in [6.45, 7) is 3.78. The molecule has 3 rings (SSSR count). The van der Waals surface area contributed by atoms with Crippen molar-refractivity contribution in [3.63, 3.8) is 0 Å². The van der Waals surface area contributed by atoms with Crippen molar-refractivity contribution in [3.8, 4) is 11.5 Å². The van der Waals surface area contributed by atoms with Crippen LogP contribution >= 0.6 is 0 Å². The maximum atomic E-state index is 9.43. The molecule has 0 fully saturated rings. The average molecular weight is 297 g/mol. The number of pyridine rings is 1. The highest BCUT2D eigenvalue weighted by Gasteiger charge is 1.98. The summed E-state index contributed by atoms with van der Waals surface area (Å²) >= 11 is 0. The van der Waals surface area contributed by atoms with Gasteiger partial charge in [-0.25, -0.2) is 4.98 Å². The van der Waals surface area contributed by atoms with Gasteiger partial charge in [-0.2, -0.15) is 0 Å². The number of phenols is 2. The van der Waals surface area contributed by atoms with Crippen LogP contribution in [0.5, 0.6) is 11.5 Å². The number of fused-ring (bicyclic) bond motifs is 1. The SMILES string of the molecule is Cc1ccc2cccc(O)c2n1.Cc1ccccc1O.[AlH3]. The normalized spacial score (nSPS) is 9.43. The van der Waals surface area contributed by atoms with E-state index in [4.69, 9.17) is 5.11 Å². The van der Waals surface area contributed by atoms with Gasteiger partial charge in [0.2, 0.25) is 0 Å². The van der Waals surface area contributed by atoms with Gasteiger partial charge in [0.15, 0.2) is 17.4 Å². The van der Waals surface area contributed by atoms with Gasteiger partial charge in [0, 0.05) is 11.1 Å². The lowest BCUT2D eigenvalue weighted by atomic mass is 10.2. The molecule has 0 atom stereocenters. The summed E-state index contributed by atoms with van der Waals surface area (Å²) in [6.07, 6.45) is 0. The Morgan fingerprint density at radius 3 is 2.05 bits per heavy atom. The quantitative estimate of drug-likeness (QED) is 0.627. The van der Waals surface area contributed by atoms with Crippen LogP contribution in [0.2, 0.25) is 0 Å². The van der Waals surface area contributed by atoms with Gasteiger partial charge in [0.05, 0.1) is 0 Å². The molecule has 0 amide bonds. The number of aromatic nitrogens is 1. The maximum absolute atomic E-state index is 9.43. The third-order valence-electron chi connectivity index (χ3n) is 2.95. The molecule has 0 radical (unpaired) electrons. The van der Waals surface area contributed by atoms with Crippen LogP contribution in [0.1, 0.15) is 11.3 Å². The fourth-order valence-electron chi connectivity index (χ4n) is 1.79. The van der Waals surface area contributed by atoms with Crippen molar-refractivity contribution >= 4 is 28.3 Å². The molecular weight excluding hydrogens is 277 g/mol. The standard InChI is InChI=1S/C10H9NO.C7H8O.Al.3H/c1-7-5-6-8-3-2-4-9(12)10(8)11-7;1-6-4-2-3-5-7(6)8;;;;/h2-6,12H,1H3;2-5,8H,1H3;;;;. The van der Waals surface area contributed by atoms with E-state index >= 15 is 0 Å². The van der Waals surface area contributed by atoms with Crippen molar-refractivity contribution in [1.29, 1.82) is 0 Å². The Kier molecular flexibility index (Phi) is 6.23. The second-order valence-corrected chi connectivity index (χ2v) is 4.59. The van der Waals surface area contributed by atoms with Crippen molar-refractivity contribution in [2.45, 2.75) is 13.8 Å². The van der Waals surface area contributed by atoms with E-state index in [1.54, 1.807) is 12.1 Å². The fourth-order valence-corrected chi connectivity index (χ4v) is 1.79. The van der Waals surface area contributed by atoms with Crippen LogP contribution in [0.25, 0.3) is 10.9 Å². The van der Waals surface area contributed by atoms with Gasteiger partial charge in [-0.1, -0.05) is 36.4 Å². The Morgan fingerprint density at radius 2 is 1.43 bits per heavy atom. The lowest BCUT2D eigenvalue weighted by Gasteiger charge is -1.99. The average Bonchev–Trinajstić information content (AvgIpc) is 2.44. The molecular formula is C17H20AlNO2. The van der Waals surface area contributed by atoms with Crippen molar-refractivity contribution in [2.24, 2.45) is 0 Å². The van der Waals surface area contributed by atoms with Gasteiger partial charge in [-0.05, 0) is 37.6 Å². The Morgan fingerprint density at radius 1 is 0.762 bits per heavy atom. The summed E-state index contributed by atoms with van der Waals surface area (Å²) in [7, 11) is 0. The van der Waals surface area contributed by atoms with Gasteiger partial charge in [-0.15, -0.1) is 0 Å². The maximum Gasteiger partial charge on any atom is 0.187 e. The summed E-state index contributed by atoms with van der Waals surface area (Å²) in [5.41, 5.74) is 2.52. The number of aryl methyl sites for hydroxylation is 2. The summed E-state index contributed by atoms with van der Waals surface area (Å²) in [5.74, 6) is 0.615. The monoisotopic (exact) mass is 297 g/mol. The molecule has 3 aromatic rings. The summed E-state index contributed by atoms with van der Waals surface area (Å²) in [4.78, 5) is 4.23. The zero-order chi connectivity index (χ0) is 14.5. The smallest absolute Gasteiger partial charge is 0.187 e. The largest absolute Gasteiger partial charge is 0.508 e. The van der Waals surface area contributed by atoms with Gasteiger partial charge in [0.1, 0.15) is 17.0 Å². The minimum atomic E-state index is 0.